The molecule has 16 aromatic rings. The quantitative estimate of drug-likeness (QED) is 0.129. The molecular weight excluding hydrogens is 1140 g/mol. The number of nitriles is 1. The molecule has 16 rings (SSSR count). The first-order chi connectivity index (χ1) is 45.2. The van der Waals surface area contributed by atoms with Gasteiger partial charge in [-0.05, 0) is 121 Å². The van der Waals surface area contributed by atoms with Crippen LogP contribution in [0.25, 0.3) is 156 Å². The Labute approximate surface area is 527 Å². The molecule has 6 aromatic heterocycles. The molecule has 0 N–H and O–H groups in total. The number of benzene rings is 10. The summed E-state index contributed by atoms with van der Waals surface area (Å²) in [7, 11) is 0. The van der Waals surface area contributed by atoms with Crippen LogP contribution in [0, 0.1) is 11.3 Å². The average Bonchev–Trinajstić information content (AvgIpc) is 1.56. The number of hydrogen-bond donors (Lipinski definition) is 0. The van der Waals surface area contributed by atoms with Crippen molar-refractivity contribution < 1.29 is 13.2 Å². The van der Waals surface area contributed by atoms with Crippen molar-refractivity contribution in [2.24, 2.45) is 0 Å². The number of halogens is 3. The van der Waals surface area contributed by atoms with Gasteiger partial charge >= 0.3 is 6.18 Å². The Kier molecular flexibility index (Phi) is 13.6. The Morgan fingerprint density at radius 2 is 0.565 bits per heavy atom. The summed E-state index contributed by atoms with van der Waals surface area (Å²) in [5.74, 6) is 0. The van der Waals surface area contributed by atoms with Crippen molar-refractivity contribution in [3.05, 3.63) is 314 Å². The number of alkyl halides is 3. The van der Waals surface area contributed by atoms with Crippen LogP contribution >= 0.6 is 0 Å². The van der Waals surface area contributed by atoms with Gasteiger partial charge in [-0.3, -0.25) is 0 Å². The molecule has 0 saturated heterocycles. The minimum Gasteiger partial charge on any atom is -0.309 e. The van der Waals surface area contributed by atoms with E-state index in [1.54, 1.807) is 18.2 Å². The highest BCUT2D eigenvalue weighted by Gasteiger charge is 2.35. The van der Waals surface area contributed by atoms with Crippen LogP contribution in [-0.4, -0.2) is 29.1 Å². The molecule has 0 radical (unpaired) electrons. The predicted octanol–water partition coefficient (Wildman–Crippen LogP) is 21.4. The van der Waals surface area contributed by atoms with Crippen molar-refractivity contribution in [2.45, 2.75) is 6.18 Å². The zero-order valence-corrected chi connectivity index (χ0v) is 49.1. The highest BCUT2D eigenvalue weighted by molar-refractivity contribution is 6.14. The van der Waals surface area contributed by atoms with Crippen molar-refractivity contribution in [1.82, 2.24) is 29.1 Å². The van der Waals surface area contributed by atoms with Crippen molar-refractivity contribution >= 4 is 43.6 Å². The van der Waals surface area contributed by atoms with E-state index in [1.165, 1.54) is 12.1 Å². The van der Waals surface area contributed by atoms with Crippen LogP contribution in [0.2, 0.25) is 0 Å². The van der Waals surface area contributed by atoms with Crippen LogP contribution in [0.15, 0.2) is 303 Å². The molecule has 0 atom stereocenters. The van der Waals surface area contributed by atoms with Gasteiger partial charge in [-0.25, -0.2) is 19.9 Å². The minimum atomic E-state index is -4.76. The summed E-state index contributed by atoms with van der Waals surface area (Å²) >= 11 is 0. The van der Waals surface area contributed by atoms with Crippen LogP contribution in [-0.2, 0) is 6.18 Å². The summed E-state index contributed by atoms with van der Waals surface area (Å²) in [6.07, 6.45) is -4.76. The second kappa shape index (κ2) is 22.7. The molecule has 0 amide bonds. The van der Waals surface area contributed by atoms with Gasteiger partial charge in [0.2, 0.25) is 0 Å². The topological polar surface area (TPSA) is 85.2 Å². The van der Waals surface area contributed by atoms with Crippen LogP contribution in [0.4, 0.5) is 13.2 Å². The molecule has 0 bridgehead atoms. The smallest absolute Gasteiger partial charge is 0.309 e. The number of rotatable bonds is 11. The Morgan fingerprint density at radius 3 is 0.880 bits per heavy atom. The van der Waals surface area contributed by atoms with Crippen LogP contribution in [0.3, 0.4) is 0 Å². The maximum Gasteiger partial charge on any atom is 0.417 e. The van der Waals surface area contributed by atoms with Gasteiger partial charge in [0.15, 0.2) is 0 Å². The van der Waals surface area contributed by atoms with E-state index in [1.807, 2.05) is 252 Å². The van der Waals surface area contributed by atoms with Crippen molar-refractivity contribution in [3.8, 4) is 119 Å². The summed E-state index contributed by atoms with van der Waals surface area (Å²) in [5, 5.41) is 15.1. The van der Waals surface area contributed by atoms with Crippen LogP contribution < -0.4 is 0 Å². The first-order valence-corrected chi connectivity index (χ1v) is 30.2. The second-order valence-corrected chi connectivity index (χ2v) is 22.7. The maximum atomic E-state index is 15.8. The minimum absolute atomic E-state index is 0.0491. The molecule has 0 aliphatic carbocycles. The van der Waals surface area contributed by atoms with Crippen molar-refractivity contribution in [2.75, 3.05) is 0 Å². The lowest BCUT2D eigenvalue weighted by Gasteiger charge is -2.21. The third-order valence-electron chi connectivity index (χ3n) is 17.2. The summed E-state index contributed by atoms with van der Waals surface area (Å²) in [6, 6.07) is 100. The van der Waals surface area contributed by atoms with E-state index in [0.717, 1.165) is 129 Å². The Hall–Kier alpha value is -12.3. The summed E-state index contributed by atoms with van der Waals surface area (Å²) in [5.41, 5.74) is 16.9. The molecule has 0 unspecified atom stereocenters. The van der Waals surface area contributed by atoms with Gasteiger partial charge in [0.25, 0.3) is 0 Å². The van der Waals surface area contributed by atoms with E-state index in [-0.39, 0.29) is 16.7 Å². The van der Waals surface area contributed by atoms with Gasteiger partial charge in [0.1, 0.15) is 6.07 Å². The van der Waals surface area contributed by atoms with Gasteiger partial charge in [-0.1, -0.05) is 188 Å². The van der Waals surface area contributed by atoms with Gasteiger partial charge in [-0.2, -0.15) is 18.4 Å². The molecule has 0 aliphatic rings. The third kappa shape index (κ3) is 9.91. The van der Waals surface area contributed by atoms with Crippen molar-refractivity contribution in [1.29, 1.82) is 5.26 Å². The normalized spacial score (nSPS) is 11.6. The second-order valence-electron chi connectivity index (χ2n) is 22.7. The van der Waals surface area contributed by atoms with E-state index in [9.17, 15) is 5.26 Å². The highest BCUT2D eigenvalue weighted by atomic mass is 19.4. The number of fused-ring (bicyclic) bond motifs is 6. The van der Waals surface area contributed by atoms with Crippen LogP contribution in [0.5, 0.6) is 0 Å². The summed E-state index contributed by atoms with van der Waals surface area (Å²) in [4.78, 5) is 20.6. The fourth-order valence-electron chi connectivity index (χ4n) is 12.9. The lowest BCUT2D eigenvalue weighted by Crippen LogP contribution is -2.09. The summed E-state index contributed by atoms with van der Waals surface area (Å²) < 4.78 is 51.6. The molecule has 10 heteroatoms. The molecule has 10 aromatic carbocycles. The molecule has 7 nitrogen and oxygen atoms in total. The zero-order valence-electron chi connectivity index (χ0n) is 49.1. The Balaban J connectivity index is 0.944. The van der Waals surface area contributed by atoms with E-state index in [2.05, 4.69) is 30.3 Å². The van der Waals surface area contributed by atoms with E-state index < -0.39 is 11.7 Å². The largest absolute Gasteiger partial charge is 0.417 e. The maximum absolute atomic E-state index is 15.8. The van der Waals surface area contributed by atoms with Crippen molar-refractivity contribution in [3.63, 3.8) is 0 Å². The third-order valence-corrected chi connectivity index (χ3v) is 17.2. The van der Waals surface area contributed by atoms with E-state index >= 15 is 13.2 Å². The van der Waals surface area contributed by atoms with E-state index in [0.29, 0.717) is 22.4 Å². The van der Waals surface area contributed by atoms with E-state index in [4.69, 9.17) is 19.9 Å². The molecule has 6 heterocycles. The molecule has 92 heavy (non-hydrogen) atoms. The first-order valence-electron chi connectivity index (χ1n) is 30.2. The number of nitrogens with zero attached hydrogens (tertiary/aromatic N) is 7. The Morgan fingerprint density at radius 1 is 0.272 bits per heavy atom. The van der Waals surface area contributed by atoms with Crippen LogP contribution in [0.1, 0.15) is 11.1 Å². The standard InChI is InChI=1S/C82H50F3N7/c83-82(84,85)67-28-14-13-27-61(67)66-50-80(91-76-41-37-56(72-33-15-29-68(87-72)52-19-5-1-6-20-52)45-62(76)63-46-57(38-42-77(63)91)73-34-16-30-69(88-73)53-21-7-2-8-22-53)60(51-86)49-81(66)92-78-43-39-58(74-35-17-31-70(89-74)54-23-9-3-10-24-54)47-64(78)65-48-59(40-44-79(65)92)75-36-18-32-71(90-75)55-25-11-4-12-26-55/h1-50H. The fourth-order valence-corrected chi connectivity index (χ4v) is 12.9. The van der Waals surface area contributed by atoms with Gasteiger partial charge in [0.05, 0.1) is 90.1 Å². The van der Waals surface area contributed by atoms with Gasteiger partial charge in [-0.15, -0.1) is 0 Å². The zero-order chi connectivity index (χ0) is 61.9. The number of aromatic nitrogens is 6. The lowest BCUT2D eigenvalue weighted by molar-refractivity contribution is -0.137. The monoisotopic (exact) mass is 1190 g/mol. The number of hydrogen-bond acceptors (Lipinski definition) is 5. The van der Waals surface area contributed by atoms with Gasteiger partial charge in [0, 0.05) is 71.6 Å². The molecule has 434 valence electrons. The molecule has 0 fully saturated rings. The average molecular weight is 1190 g/mol. The first kappa shape index (κ1) is 55.0. The predicted molar refractivity (Wildman–Crippen MR) is 365 cm³/mol. The molecule has 0 saturated carbocycles. The molecule has 0 spiro atoms. The summed E-state index contributed by atoms with van der Waals surface area (Å²) in [6.45, 7) is 0. The lowest BCUT2D eigenvalue weighted by atomic mass is 9.95. The fraction of sp³-hybridized carbons (Fsp3) is 0.0122. The highest BCUT2D eigenvalue weighted by Crippen LogP contribution is 2.46. The molecular formula is C82H50F3N7. The Bertz CT molecular complexity index is 5300. The number of pyridine rings is 4. The SMILES string of the molecule is N#Cc1cc(-n2c3ccc(-c4cccc(-c5ccccc5)n4)cc3c3cc(-c4cccc(-c5ccccc5)n4)ccc32)c(-c2ccccc2C(F)(F)F)cc1-n1c2ccc(-c3cccc(-c4ccccc4)n3)cc2c2cc(-c3cccc(-c4ccccc4)n3)ccc21. The van der Waals surface area contributed by atoms with Gasteiger partial charge < -0.3 is 9.13 Å². The molecule has 0 aliphatic heterocycles.